The van der Waals surface area contributed by atoms with Crippen LogP contribution in [0.1, 0.15) is 38.5 Å². The van der Waals surface area contributed by atoms with E-state index < -0.39 is 0 Å². The molecular weight excluding hydrogens is 164 g/mol. The van der Waals surface area contributed by atoms with Gasteiger partial charge in [-0.3, -0.25) is 4.79 Å². The van der Waals surface area contributed by atoms with E-state index in [-0.39, 0.29) is 5.91 Å². The molecule has 0 aliphatic heterocycles. The van der Waals surface area contributed by atoms with Gasteiger partial charge in [0.2, 0.25) is 5.91 Å². The second-order valence-corrected chi connectivity index (χ2v) is 3.83. The van der Waals surface area contributed by atoms with Crippen molar-refractivity contribution in [2.45, 2.75) is 38.5 Å². The first-order valence-electron chi connectivity index (χ1n) is 5.29. The molecule has 1 amide bonds. The molecule has 0 radical (unpaired) electrons. The number of hydrogen-bond donors (Lipinski definition) is 2. The molecule has 0 aromatic heterocycles. The maximum atomic E-state index is 11.2. The van der Waals surface area contributed by atoms with Gasteiger partial charge in [0.05, 0.1) is 0 Å². The predicted octanol–water partition coefficient (Wildman–Crippen LogP) is 1.03. The molecule has 1 saturated carbocycles. The van der Waals surface area contributed by atoms with Gasteiger partial charge in [-0.15, -0.1) is 0 Å². The van der Waals surface area contributed by atoms with Gasteiger partial charge in [-0.1, -0.05) is 25.7 Å². The number of nitrogens with two attached hydrogens (primary N) is 1. The molecule has 1 fully saturated rings. The zero-order valence-corrected chi connectivity index (χ0v) is 8.22. The van der Waals surface area contributed by atoms with Crippen molar-refractivity contribution in [2.24, 2.45) is 11.7 Å². The SMILES string of the molecule is NCCNC(=O)CCC1CCCC1. The van der Waals surface area contributed by atoms with E-state index in [1.54, 1.807) is 0 Å². The Hall–Kier alpha value is -0.570. The second kappa shape index (κ2) is 5.97. The van der Waals surface area contributed by atoms with Crippen molar-refractivity contribution in [3.63, 3.8) is 0 Å². The van der Waals surface area contributed by atoms with E-state index >= 15 is 0 Å². The first kappa shape index (κ1) is 10.5. The molecule has 76 valence electrons. The molecule has 0 aromatic carbocycles. The van der Waals surface area contributed by atoms with Crippen molar-refractivity contribution >= 4 is 5.91 Å². The van der Waals surface area contributed by atoms with Crippen LogP contribution in [0.2, 0.25) is 0 Å². The largest absolute Gasteiger partial charge is 0.355 e. The van der Waals surface area contributed by atoms with Crippen molar-refractivity contribution < 1.29 is 4.79 Å². The topological polar surface area (TPSA) is 55.1 Å². The molecule has 3 N–H and O–H groups in total. The van der Waals surface area contributed by atoms with Gasteiger partial charge in [0.15, 0.2) is 0 Å². The summed E-state index contributed by atoms with van der Waals surface area (Å²) in [6, 6.07) is 0. The lowest BCUT2D eigenvalue weighted by Crippen LogP contribution is -2.29. The molecule has 0 atom stereocenters. The van der Waals surface area contributed by atoms with Crippen LogP contribution < -0.4 is 11.1 Å². The number of carbonyl (C=O) groups is 1. The normalized spacial score (nSPS) is 17.6. The van der Waals surface area contributed by atoms with Gasteiger partial charge in [-0.05, 0) is 12.3 Å². The molecule has 0 saturated heterocycles. The van der Waals surface area contributed by atoms with E-state index in [2.05, 4.69) is 5.32 Å². The number of hydrogen-bond acceptors (Lipinski definition) is 2. The molecule has 0 heterocycles. The summed E-state index contributed by atoms with van der Waals surface area (Å²) in [5.41, 5.74) is 5.28. The minimum atomic E-state index is 0.164. The van der Waals surface area contributed by atoms with Gasteiger partial charge in [0, 0.05) is 19.5 Å². The highest BCUT2D eigenvalue weighted by Gasteiger charge is 2.15. The van der Waals surface area contributed by atoms with Crippen LogP contribution in [0.4, 0.5) is 0 Å². The fourth-order valence-electron chi connectivity index (χ4n) is 1.93. The second-order valence-electron chi connectivity index (χ2n) is 3.83. The number of carbonyl (C=O) groups excluding carboxylic acids is 1. The lowest BCUT2D eigenvalue weighted by Gasteiger charge is -2.08. The first-order chi connectivity index (χ1) is 6.33. The summed E-state index contributed by atoms with van der Waals surface area (Å²) >= 11 is 0. The molecule has 0 aromatic rings. The van der Waals surface area contributed by atoms with Crippen LogP contribution in [0.25, 0.3) is 0 Å². The minimum Gasteiger partial charge on any atom is -0.355 e. The fourth-order valence-corrected chi connectivity index (χ4v) is 1.93. The monoisotopic (exact) mass is 184 g/mol. The zero-order valence-electron chi connectivity index (χ0n) is 8.22. The average molecular weight is 184 g/mol. The van der Waals surface area contributed by atoms with Gasteiger partial charge in [-0.25, -0.2) is 0 Å². The van der Waals surface area contributed by atoms with Gasteiger partial charge in [0.1, 0.15) is 0 Å². The Morgan fingerprint density at radius 1 is 1.38 bits per heavy atom. The Labute approximate surface area is 80.1 Å². The van der Waals surface area contributed by atoms with Crippen LogP contribution in [0, 0.1) is 5.92 Å². The Bertz CT molecular complexity index is 153. The predicted molar refractivity (Wildman–Crippen MR) is 53.3 cm³/mol. The Balaban J connectivity index is 2.00. The summed E-state index contributed by atoms with van der Waals surface area (Å²) in [5.74, 6) is 0.973. The van der Waals surface area contributed by atoms with Crippen LogP contribution in [0.3, 0.4) is 0 Å². The van der Waals surface area contributed by atoms with Crippen molar-refractivity contribution in [2.75, 3.05) is 13.1 Å². The number of amides is 1. The Morgan fingerprint density at radius 2 is 2.08 bits per heavy atom. The average Bonchev–Trinajstić information content (AvgIpc) is 2.64. The van der Waals surface area contributed by atoms with E-state index in [1.807, 2.05) is 0 Å². The summed E-state index contributed by atoms with van der Waals surface area (Å²) < 4.78 is 0. The van der Waals surface area contributed by atoms with Crippen molar-refractivity contribution in [3.8, 4) is 0 Å². The van der Waals surface area contributed by atoms with Crippen LogP contribution in [0.5, 0.6) is 0 Å². The van der Waals surface area contributed by atoms with Gasteiger partial charge < -0.3 is 11.1 Å². The van der Waals surface area contributed by atoms with Crippen LogP contribution in [-0.4, -0.2) is 19.0 Å². The van der Waals surface area contributed by atoms with E-state index in [0.717, 1.165) is 12.3 Å². The molecular formula is C10H20N2O. The highest BCUT2D eigenvalue weighted by Crippen LogP contribution is 2.28. The smallest absolute Gasteiger partial charge is 0.220 e. The first-order valence-corrected chi connectivity index (χ1v) is 5.29. The molecule has 13 heavy (non-hydrogen) atoms. The number of rotatable bonds is 5. The number of nitrogens with one attached hydrogen (secondary N) is 1. The van der Waals surface area contributed by atoms with E-state index in [1.165, 1.54) is 25.7 Å². The maximum absolute atomic E-state index is 11.2. The fraction of sp³-hybridized carbons (Fsp3) is 0.900. The maximum Gasteiger partial charge on any atom is 0.220 e. The lowest BCUT2D eigenvalue weighted by atomic mass is 10.0. The summed E-state index contributed by atoms with van der Waals surface area (Å²) in [5, 5.41) is 2.79. The van der Waals surface area contributed by atoms with E-state index in [0.29, 0.717) is 19.5 Å². The molecule has 3 nitrogen and oxygen atoms in total. The third-order valence-electron chi connectivity index (χ3n) is 2.72. The Morgan fingerprint density at radius 3 is 2.69 bits per heavy atom. The van der Waals surface area contributed by atoms with Crippen LogP contribution in [-0.2, 0) is 4.79 Å². The Kier molecular flexibility index (Phi) is 4.83. The highest BCUT2D eigenvalue weighted by molar-refractivity contribution is 5.75. The molecule has 0 spiro atoms. The molecule has 1 aliphatic rings. The van der Waals surface area contributed by atoms with Gasteiger partial charge in [-0.2, -0.15) is 0 Å². The third kappa shape index (κ3) is 4.27. The summed E-state index contributed by atoms with van der Waals surface area (Å²) in [4.78, 5) is 11.2. The van der Waals surface area contributed by atoms with Crippen molar-refractivity contribution in [3.05, 3.63) is 0 Å². The summed E-state index contributed by atoms with van der Waals surface area (Å²) in [7, 11) is 0. The quantitative estimate of drug-likeness (QED) is 0.670. The van der Waals surface area contributed by atoms with Crippen molar-refractivity contribution in [1.29, 1.82) is 0 Å². The van der Waals surface area contributed by atoms with E-state index in [4.69, 9.17) is 5.73 Å². The minimum absolute atomic E-state index is 0.164. The van der Waals surface area contributed by atoms with E-state index in [9.17, 15) is 4.79 Å². The molecule has 1 aliphatic carbocycles. The van der Waals surface area contributed by atoms with Crippen LogP contribution in [0.15, 0.2) is 0 Å². The van der Waals surface area contributed by atoms with Gasteiger partial charge >= 0.3 is 0 Å². The lowest BCUT2D eigenvalue weighted by molar-refractivity contribution is -0.121. The van der Waals surface area contributed by atoms with Gasteiger partial charge in [0.25, 0.3) is 0 Å². The summed E-state index contributed by atoms with van der Waals surface area (Å²) in [6.07, 6.45) is 7.11. The highest BCUT2D eigenvalue weighted by atomic mass is 16.1. The third-order valence-corrected chi connectivity index (χ3v) is 2.72. The summed E-state index contributed by atoms with van der Waals surface area (Å²) in [6.45, 7) is 1.15. The van der Waals surface area contributed by atoms with Crippen molar-refractivity contribution in [1.82, 2.24) is 5.32 Å². The molecule has 0 unspecified atom stereocenters. The zero-order chi connectivity index (χ0) is 9.52. The standard InChI is InChI=1S/C10H20N2O/c11-7-8-12-10(13)6-5-9-3-1-2-4-9/h9H,1-8,11H2,(H,12,13). The molecule has 3 heteroatoms. The molecule has 0 bridgehead atoms. The molecule has 1 rings (SSSR count). The van der Waals surface area contributed by atoms with Crippen LogP contribution >= 0.6 is 0 Å².